The summed E-state index contributed by atoms with van der Waals surface area (Å²) < 4.78 is 5.87. The van der Waals surface area contributed by atoms with E-state index in [-0.39, 0.29) is 0 Å². The monoisotopic (exact) mass is 313 g/mol. The number of hydrogen-bond donors (Lipinski definition) is 0. The van der Waals surface area contributed by atoms with Crippen molar-refractivity contribution in [3.05, 3.63) is 57.9 Å². The summed E-state index contributed by atoms with van der Waals surface area (Å²) in [7, 11) is 2.07. The maximum absolute atomic E-state index is 5.87. The molecule has 0 radical (unpaired) electrons. The van der Waals surface area contributed by atoms with Crippen LogP contribution in [0.4, 0.5) is 0 Å². The molecule has 0 saturated carbocycles. The van der Waals surface area contributed by atoms with Gasteiger partial charge >= 0.3 is 0 Å². The van der Waals surface area contributed by atoms with Gasteiger partial charge in [0.15, 0.2) is 0 Å². The second-order valence-electron chi connectivity index (χ2n) is 5.43. The smallest absolute Gasteiger partial charge is 0.226 e. The van der Waals surface area contributed by atoms with Crippen molar-refractivity contribution in [3.8, 4) is 11.5 Å². The zero-order chi connectivity index (χ0) is 15.5. The first kappa shape index (κ1) is 14.9. The predicted octanol–water partition coefficient (Wildman–Crippen LogP) is 4.05. The molecule has 0 amide bonds. The molecule has 22 heavy (non-hydrogen) atoms. The van der Waals surface area contributed by atoms with Crippen LogP contribution in [0, 0.1) is 13.8 Å². The molecule has 0 spiro atoms. The van der Waals surface area contributed by atoms with Crippen LogP contribution in [0.25, 0.3) is 11.5 Å². The van der Waals surface area contributed by atoms with E-state index in [0.717, 1.165) is 35.1 Å². The lowest BCUT2D eigenvalue weighted by Crippen LogP contribution is -2.17. The molecule has 3 rings (SSSR count). The summed E-state index contributed by atoms with van der Waals surface area (Å²) in [4.78, 5) is 11.2. The Balaban J connectivity index is 1.76. The maximum atomic E-state index is 5.87. The number of nitrogens with zero attached hydrogens (tertiary/aromatic N) is 3. The van der Waals surface area contributed by atoms with E-state index in [9.17, 15) is 0 Å². The SMILES string of the molecule is Cc1ccccc1-c1nc(CN(C)Cc2nccs2)c(C)o1. The second kappa shape index (κ2) is 6.42. The van der Waals surface area contributed by atoms with Crippen LogP contribution < -0.4 is 0 Å². The number of rotatable bonds is 5. The Kier molecular flexibility index (Phi) is 4.36. The first-order valence-corrected chi connectivity index (χ1v) is 8.10. The van der Waals surface area contributed by atoms with Crippen LogP contribution in [-0.4, -0.2) is 21.9 Å². The number of thiazole rings is 1. The summed E-state index contributed by atoms with van der Waals surface area (Å²) in [6.07, 6.45) is 1.84. The van der Waals surface area contributed by atoms with Gasteiger partial charge in [0.25, 0.3) is 0 Å². The molecule has 0 atom stereocenters. The molecule has 114 valence electrons. The summed E-state index contributed by atoms with van der Waals surface area (Å²) in [6.45, 7) is 5.62. The Bertz CT molecular complexity index is 749. The van der Waals surface area contributed by atoms with Crippen molar-refractivity contribution in [2.75, 3.05) is 7.05 Å². The van der Waals surface area contributed by atoms with Crippen LogP contribution in [0.3, 0.4) is 0 Å². The number of aryl methyl sites for hydroxylation is 2. The van der Waals surface area contributed by atoms with Crippen molar-refractivity contribution in [2.45, 2.75) is 26.9 Å². The van der Waals surface area contributed by atoms with Crippen molar-refractivity contribution in [3.63, 3.8) is 0 Å². The standard InChI is InChI=1S/C17H19N3OS/c1-12-6-4-5-7-14(12)17-19-15(13(2)21-17)10-20(3)11-16-18-8-9-22-16/h4-9H,10-11H2,1-3H3. The van der Waals surface area contributed by atoms with Gasteiger partial charge in [-0.3, -0.25) is 4.90 Å². The summed E-state index contributed by atoms with van der Waals surface area (Å²) in [6, 6.07) is 8.15. The average Bonchev–Trinajstić information content (AvgIpc) is 3.10. The van der Waals surface area contributed by atoms with Crippen molar-refractivity contribution < 1.29 is 4.42 Å². The Morgan fingerprint density at radius 2 is 2.00 bits per heavy atom. The quantitative estimate of drug-likeness (QED) is 0.713. The van der Waals surface area contributed by atoms with Gasteiger partial charge in [0, 0.05) is 23.7 Å². The number of hydrogen-bond acceptors (Lipinski definition) is 5. The Labute approximate surface area is 134 Å². The van der Waals surface area contributed by atoms with Crippen molar-refractivity contribution in [1.82, 2.24) is 14.9 Å². The molecule has 1 aromatic carbocycles. The van der Waals surface area contributed by atoms with Gasteiger partial charge in [0.2, 0.25) is 5.89 Å². The first-order chi connectivity index (χ1) is 10.6. The van der Waals surface area contributed by atoms with Gasteiger partial charge in [0.05, 0.1) is 12.2 Å². The van der Waals surface area contributed by atoms with Gasteiger partial charge in [0.1, 0.15) is 10.8 Å². The summed E-state index contributed by atoms with van der Waals surface area (Å²) >= 11 is 1.67. The molecule has 0 bridgehead atoms. The molecule has 5 heteroatoms. The molecule has 2 heterocycles. The summed E-state index contributed by atoms with van der Waals surface area (Å²) in [5.74, 6) is 1.58. The van der Waals surface area contributed by atoms with Gasteiger partial charge in [-0.25, -0.2) is 9.97 Å². The normalized spacial score (nSPS) is 11.3. The highest BCUT2D eigenvalue weighted by atomic mass is 32.1. The van der Waals surface area contributed by atoms with Crippen LogP contribution >= 0.6 is 11.3 Å². The number of oxazole rings is 1. The van der Waals surface area contributed by atoms with Crippen molar-refractivity contribution in [2.24, 2.45) is 0 Å². The van der Waals surface area contributed by atoms with E-state index in [2.05, 4.69) is 34.9 Å². The van der Waals surface area contributed by atoms with Crippen LogP contribution in [0.1, 0.15) is 22.0 Å². The minimum atomic E-state index is 0.702. The molecule has 2 aromatic heterocycles. The van der Waals surface area contributed by atoms with E-state index in [1.165, 1.54) is 5.56 Å². The van der Waals surface area contributed by atoms with Crippen molar-refractivity contribution >= 4 is 11.3 Å². The number of aromatic nitrogens is 2. The van der Waals surface area contributed by atoms with E-state index >= 15 is 0 Å². The molecule has 3 aromatic rings. The zero-order valence-electron chi connectivity index (χ0n) is 13.0. The molecular formula is C17H19N3OS. The topological polar surface area (TPSA) is 42.2 Å². The average molecular weight is 313 g/mol. The van der Waals surface area contributed by atoms with Gasteiger partial charge in [-0.1, -0.05) is 18.2 Å². The fourth-order valence-electron chi connectivity index (χ4n) is 2.38. The molecule has 0 fully saturated rings. The second-order valence-corrected chi connectivity index (χ2v) is 6.41. The highest BCUT2D eigenvalue weighted by Crippen LogP contribution is 2.25. The van der Waals surface area contributed by atoms with Gasteiger partial charge < -0.3 is 4.42 Å². The summed E-state index contributed by atoms with van der Waals surface area (Å²) in [5, 5.41) is 3.11. The lowest BCUT2D eigenvalue weighted by Gasteiger charge is -2.13. The molecular weight excluding hydrogens is 294 g/mol. The Morgan fingerprint density at radius 1 is 1.18 bits per heavy atom. The van der Waals surface area contributed by atoms with Crippen molar-refractivity contribution in [1.29, 1.82) is 0 Å². The third kappa shape index (κ3) is 3.26. The lowest BCUT2D eigenvalue weighted by molar-refractivity contribution is 0.313. The van der Waals surface area contributed by atoms with Gasteiger partial charge in [-0.15, -0.1) is 11.3 Å². The predicted molar refractivity (Wildman–Crippen MR) is 88.7 cm³/mol. The van der Waals surface area contributed by atoms with Gasteiger partial charge in [-0.2, -0.15) is 0 Å². The van der Waals surface area contributed by atoms with E-state index in [1.807, 2.05) is 36.7 Å². The van der Waals surface area contributed by atoms with E-state index < -0.39 is 0 Å². The molecule has 0 N–H and O–H groups in total. The highest BCUT2D eigenvalue weighted by Gasteiger charge is 2.14. The highest BCUT2D eigenvalue weighted by molar-refractivity contribution is 7.09. The van der Waals surface area contributed by atoms with E-state index in [1.54, 1.807) is 11.3 Å². The van der Waals surface area contributed by atoms with Gasteiger partial charge in [-0.05, 0) is 32.5 Å². The van der Waals surface area contributed by atoms with Crippen LogP contribution in [-0.2, 0) is 13.1 Å². The minimum Gasteiger partial charge on any atom is -0.441 e. The summed E-state index contributed by atoms with van der Waals surface area (Å²) in [5.41, 5.74) is 3.21. The fraction of sp³-hybridized carbons (Fsp3) is 0.294. The van der Waals surface area contributed by atoms with Crippen LogP contribution in [0.5, 0.6) is 0 Å². The van der Waals surface area contributed by atoms with Crippen LogP contribution in [0.15, 0.2) is 40.3 Å². The molecule has 0 aliphatic rings. The largest absolute Gasteiger partial charge is 0.441 e. The number of benzene rings is 1. The molecule has 0 saturated heterocycles. The zero-order valence-corrected chi connectivity index (χ0v) is 13.9. The molecule has 4 nitrogen and oxygen atoms in total. The molecule has 0 aliphatic heterocycles. The van der Waals surface area contributed by atoms with E-state index in [0.29, 0.717) is 5.89 Å². The third-order valence-corrected chi connectivity index (χ3v) is 4.34. The first-order valence-electron chi connectivity index (χ1n) is 7.22. The van der Waals surface area contributed by atoms with E-state index in [4.69, 9.17) is 4.42 Å². The molecule has 0 unspecified atom stereocenters. The Morgan fingerprint density at radius 3 is 2.73 bits per heavy atom. The lowest BCUT2D eigenvalue weighted by atomic mass is 10.1. The Hall–Kier alpha value is -1.98. The molecule has 0 aliphatic carbocycles. The maximum Gasteiger partial charge on any atom is 0.226 e. The third-order valence-electron chi connectivity index (χ3n) is 3.58. The minimum absolute atomic E-state index is 0.702. The fourth-order valence-corrected chi connectivity index (χ4v) is 3.07. The van der Waals surface area contributed by atoms with Crippen LogP contribution in [0.2, 0.25) is 0 Å².